The number of nitrogens with one attached hydrogen (secondary N) is 1. The van der Waals surface area contributed by atoms with E-state index in [9.17, 15) is 9.18 Å². The predicted molar refractivity (Wildman–Crippen MR) is 75.1 cm³/mol. The lowest BCUT2D eigenvalue weighted by molar-refractivity contribution is 0.0936. The summed E-state index contributed by atoms with van der Waals surface area (Å²) in [5.41, 5.74) is 0.461. The van der Waals surface area contributed by atoms with E-state index < -0.39 is 5.82 Å². The van der Waals surface area contributed by atoms with Gasteiger partial charge >= 0.3 is 0 Å². The topological polar surface area (TPSA) is 29.1 Å². The first-order valence-corrected chi connectivity index (χ1v) is 6.74. The summed E-state index contributed by atoms with van der Waals surface area (Å²) in [6, 6.07) is 4.09. The van der Waals surface area contributed by atoms with Crippen molar-refractivity contribution in [2.75, 3.05) is 6.54 Å². The average molecular weight is 316 g/mol. The van der Waals surface area contributed by atoms with E-state index in [2.05, 4.69) is 48.9 Å². The summed E-state index contributed by atoms with van der Waals surface area (Å²) in [5.74, 6) is -0.321. The van der Waals surface area contributed by atoms with Crippen LogP contribution in [-0.4, -0.2) is 12.5 Å². The summed E-state index contributed by atoms with van der Waals surface area (Å²) in [6.45, 7) is 9.04. The van der Waals surface area contributed by atoms with Crippen molar-refractivity contribution in [1.29, 1.82) is 0 Å². The molecule has 1 aromatic rings. The van der Waals surface area contributed by atoms with Crippen LogP contribution in [-0.2, 0) is 0 Å². The van der Waals surface area contributed by atoms with Gasteiger partial charge in [0.2, 0.25) is 0 Å². The van der Waals surface area contributed by atoms with Crippen LogP contribution in [0.5, 0.6) is 0 Å². The molecule has 0 aliphatic carbocycles. The zero-order valence-electron chi connectivity index (χ0n) is 11.2. The molecule has 0 heterocycles. The van der Waals surface area contributed by atoms with Crippen LogP contribution in [0.3, 0.4) is 0 Å². The molecule has 100 valence electrons. The maximum absolute atomic E-state index is 13.1. The number of rotatable bonds is 3. The highest BCUT2D eigenvalue weighted by atomic mass is 79.9. The molecule has 0 aromatic heterocycles. The molecule has 0 spiro atoms. The van der Waals surface area contributed by atoms with E-state index in [1.54, 1.807) is 0 Å². The summed E-state index contributed by atoms with van der Waals surface area (Å²) in [6.07, 6.45) is 0. The molecule has 1 aromatic carbocycles. The zero-order chi connectivity index (χ0) is 13.9. The standard InChI is InChI=1S/C14H19BrFNO/c1-9(14(2,3)4)8-17-13(18)11-7-10(16)5-6-12(11)15/h5-7,9H,8H2,1-4H3,(H,17,18). The second-order valence-electron chi connectivity index (χ2n) is 5.60. The third-order valence-electron chi connectivity index (χ3n) is 3.22. The Morgan fingerprint density at radius 3 is 2.61 bits per heavy atom. The molecule has 0 aliphatic heterocycles. The third-order valence-corrected chi connectivity index (χ3v) is 3.91. The minimum absolute atomic E-state index is 0.131. The molecule has 1 unspecified atom stereocenters. The Kier molecular flexibility index (Phi) is 4.91. The van der Waals surface area contributed by atoms with E-state index in [0.29, 0.717) is 22.5 Å². The second kappa shape index (κ2) is 5.83. The number of carbonyl (C=O) groups is 1. The fourth-order valence-electron chi connectivity index (χ4n) is 1.32. The molecular weight excluding hydrogens is 297 g/mol. The SMILES string of the molecule is CC(CNC(=O)c1cc(F)ccc1Br)C(C)(C)C. The van der Waals surface area contributed by atoms with Crippen molar-refractivity contribution in [1.82, 2.24) is 5.32 Å². The molecule has 0 fully saturated rings. The van der Waals surface area contributed by atoms with Gasteiger partial charge in [0.15, 0.2) is 0 Å². The summed E-state index contributed by atoms with van der Waals surface area (Å²) < 4.78 is 13.7. The van der Waals surface area contributed by atoms with Gasteiger partial charge in [-0.25, -0.2) is 4.39 Å². The summed E-state index contributed by atoms with van der Waals surface area (Å²) >= 11 is 3.25. The van der Waals surface area contributed by atoms with E-state index >= 15 is 0 Å². The summed E-state index contributed by atoms with van der Waals surface area (Å²) in [7, 11) is 0. The fraction of sp³-hybridized carbons (Fsp3) is 0.500. The molecule has 4 heteroatoms. The van der Waals surface area contributed by atoms with Crippen LogP contribution in [0.4, 0.5) is 4.39 Å². The molecule has 0 saturated heterocycles. The molecule has 2 nitrogen and oxygen atoms in total. The van der Waals surface area contributed by atoms with Crippen LogP contribution in [0.25, 0.3) is 0 Å². The lowest BCUT2D eigenvalue weighted by Crippen LogP contribution is -2.33. The fourth-order valence-corrected chi connectivity index (χ4v) is 1.75. The highest BCUT2D eigenvalue weighted by molar-refractivity contribution is 9.10. The zero-order valence-corrected chi connectivity index (χ0v) is 12.8. The quantitative estimate of drug-likeness (QED) is 0.897. The number of halogens is 2. The molecule has 1 amide bonds. The lowest BCUT2D eigenvalue weighted by atomic mass is 9.82. The third kappa shape index (κ3) is 4.09. The van der Waals surface area contributed by atoms with Gasteiger partial charge in [-0.1, -0.05) is 27.7 Å². The monoisotopic (exact) mass is 315 g/mol. The molecule has 0 aliphatic rings. The molecule has 1 N–H and O–H groups in total. The van der Waals surface area contributed by atoms with Gasteiger partial charge in [0, 0.05) is 11.0 Å². The number of hydrogen-bond acceptors (Lipinski definition) is 1. The van der Waals surface area contributed by atoms with Crippen LogP contribution < -0.4 is 5.32 Å². The Hall–Kier alpha value is -0.900. The molecule has 1 atom stereocenters. The van der Waals surface area contributed by atoms with Gasteiger partial charge < -0.3 is 5.32 Å². The van der Waals surface area contributed by atoms with Crippen molar-refractivity contribution in [3.8, 4) is 0 Å². The first kappa shape index (κ1) is 15.2. The molecule has 1 rings (SSSR count). The van der Waals surface area contributed by atoms with Gasteiger partial charge in [-0.3, -0.25) is 4.79 Å². The number of hydrogen-bond donors (Lipinski definition) is 1. The van der Waals surface area contributed by atoms with Gasteiger partial charge in [-0.2, -0.15) is 0 Å². The molecule has 18 heavy (non-hydrogen) atoms. The van der Waals surface area contributed by atoms with Crippen LogP contribution >= 0.6 is 15.9 Å². The van der Waals surface area contributed by atoms with E-state index in [4.69, 9.17) is 0 Å². The van der Waals surface area contributed by atoms with E-state index in [-0.39, 0.29) is 11.3 Å². The second-order valence-corrected chi connectivity index (χ2v) is 6.46. The van der Waals surface area contributed by atoms with E-state index in [0.717, 1.165) is 0 Å². The Morgan fingerprint density at radius 2 is 2.06 bits per heavy atom. The summed E-state index contributed by atoms with van der Waals surface area (Å²) in [5, 5.41) is 2.84. The van der Waals surface area contributed by atoms with Crippen molar-refractivity contribution < 1.29 is 9.18 Å². The average Bonchev–Trinajstić information content (AvgIpc) is 2.27. The molecule has 0 radical (unpaired) electrons. The van der Waals surface area contributed by atoms with Gasteiger partial charge in [-0.05, 0) is 45.5 Å². The Morgan fingerprint density at radius 1 is 1.44 bits per heavy atom. The van der Waals surface area contributed by atoms with Gasteiger partial charge in [0.05, 0.1) is 5.56 Å². The van der Waals surface area contributed by atoms with Crippen LogP contribution in [0, 0.1) is 17.2 Å². The number of carbonyl (C=O) groups excluding carboxylic acids is 1. The predicted octanol–water partition coefficient (Wildman–Crippen LogP) is 4.00. The first-order chi connectivity index (χ1) is 8.21. The largest absolute Gasteiger partial charge is 0.352 e. The van der Waals surface area contributed by atoms with E-state index in [1.165, 1.54) is 18.2 Å². The van der Waals surface area contributed by atoms with Crippen molar-refractivity contribution in [2.45, 2.75) is 27.7 Å². The molecule has 0 bridgehead atoms. The summed E-state index contributed by atoms with van der Waals surface area (Å²) in [4.78, 5) is 11.9. The number of amides is 1. The molecular formula is C14H19BrFNO. The van der Waals surface area contributed by atoms with Crippen molar-refractivity contribution >= 4 is 21.8 Å². The van der Waals surface area contributed by atoms with Crippen LogP contribution in [0.15, 0.2) is 22.7 Å². The number of benzene rings is 1. The Bertz CT molecular complexity index is 440. The highest BCUT2D eigenvalue weighted by Crippen LogP contribution is 2.24. The normalized spacial score (nSPS) is 13.2. The minimum Gasteiger partial charge on any atom is -0.352 e. The van der Waals surface area contributed by atoms with Gasteiger partial charge in [0.25, 0.3) is 5.91 Å². The smallest absolute Gasteiger partial charge is 0.252 e. The van der Waals surface area contributed by atoms with Crippen LogP contribution in [0.1, 0.15) is 38.1 Å². The lowest BCUT2D eigenvalue weighted by Gasteiger charge is -2.27. The Balaban J connectivity index is 2.69. The van der Waals surface area contributed by atoms with Crippen molar-refractivity contribution in [3.05, 3.63) is 34.1 Å². The van der Waals surface area contributed by atoms with E-state index in [1.807, 2.05) is 0 Å². The maximum atomic E-state index is 13.1. The van der Waals surface area contributed by atoms with Crippen LogP contribution in [0.2, 0.25) is 0 Å². The van der Waals surface area contributed by atoms with Crippen molar-refractivity contribution in [2.24, 2.45) is 11.3 Å². The van der Waals surface area contributed by atoms with Gasteiger partial charge in [0.1, 0.15) is 5.82 Å². The first-order valence-electron chi connectivity index (χ1n) is 5.95. The molecule has 0 saturated carbocycles. The Labute approximate surface area is 116 Å². The minimum atomic E-state index is -0.410. The van der Waals surface area contributed by atoms with Crippen molar-refractivity contribution in [3.63, 3.8) is 0 Å². The highest BCUT2D eigenvalue weighted by Gasteiger charge is 2.21. The maximum Gasteiger partial charge on any atom is 0.252 e. The van der Waals surface area contributed by atoms with Gasteiger partial charge in [-0.15, -0.1) is 0 Å².